The molecule has 0 saturated heterocycles. The van der Waals surface area contributed by atoms with Crippen molar-refractivity contribution in [3.8, 4) is 0 Å². The van der Waals surface area contributed by atoms with Crippen LogP contribution in [0.4, 0.5) is 0 Å². The van der Waals surface area contributed by atoms with E-state index in [1.807, 2.05) is 0 Å². The smallest absolute Gasteiger partial charge is 0.335 e. The lowest BCUT2D eigenvalue weighted by molar-refractivity contribution is -0.118. The summed E-state index contributed by atoms with van der Waals surface area (Å²) in [6.07, 6.45) is 1.46. The average molecular weight is 240 g/mol. The van der Waals surface area contributed by atoms with Gasteiger partial charge in [0.25, 0.3) is 0 Å². The largest absolute Gasteiger partial charge is 0.478 e. The summed E-state index contributed by atoms with van der Waals surface area (Å²) in [5.41, 5.74) is 0.219. The molecule has 0 aliphatic heterocycles. The molecule has 1 aromatic rings. The number of amides is 1. The van der Waals surface area contributed by atoms with Crippen LogP contribution < -0.4 is 5.32 Å². The van der Waals surface area contributed by atoms with Crippen LogP contribution in [0.15, 0.2) is 23.4 Å². The quantitative estimate of drug-likeness (QED) is 0.593. The number of rotatable bonds is 5. The standard InChI is InChI=1S/C10H12N2O3S/c1-7(13)11-4-5-16-9-6-8(10(14)15)2-3-12-9/h2-3,6H,4-5H2,1H3,(H,11,13)(H,14,15). The zero-order chi connectivity index (χ0) is 12.0. The number of aromatic nitrogens is 1. The first-order valence-electron chi connectivity index (χ1n) is 4.66. The minimum Gasteiger partial charge on any atom is -0.478 e. The Morgan fingerprint density at radius 3 is 2.94 bits per heavy atom. The highest BCUT2D eigenvalue weighted by Crippen LogP contribution is 2.15. The summed E-state index contributed by atoms with van der Waals surface area (Å²) in [6, 6.07) is 2.96. The van der Waals surface area contributed by atoms with Gasteiger partial charge in [0.15, 0.2) is 0 Å². The fraction of sp³-hybridized carbons (Fsp3) is 0.300. The molecular weight excluding hydrogens is 228 g/mol. The molecule has 0 spiro atoms. The van der Waals surface area contributed by atoms with Gasteiger partial charge in [0, 0.05) is 25.4 Å². The van der Waals surface area contributed by atoms with Crippen LogP contribution in [0.3, 0.4) is 0 Å². The van der Waals surface area contributed by atoms with Crippen molar-refractivity contribution in [1.82, 2.24) is 10.3 Å². The van der Waals surface area contributed by atoms with Gasteiger partial charge in [-0.3, -0.25) is 4.79 Å². The van der Waals surface area contributed by atoms with Gasteiger partial charge in [-0.25, -0.2) is 9.78 Å². The van der Waals surface area contributed by atoms with Gasteiger partial charge in [-0.1, -0.05) is 0 Å². The molecule has 1 rings (SSSR count). The Morgan fingerprint density at radius 1 is 1.56 bits per heavy atom. The second-order valence-corrected chi connectivity index (χ2v) is 4.13. The zero-order valence-electron chi connectivity index (χ0n) is 8.77. The van der Waals surface area contributed by atoms with Crippen LogP contribution in [-0.2, 0) is 4.79 Å². The van der Waals surface area contributed by atoms with E-state index in [1.54, 1.807) is 0 Å². The van der Waals surface area contributed by atoms with Gasteiger partial charge in [0.05, 0.1) is 10.6 Å². The Labute approximate surface area is 97.3 Å². The Morgan fingerprint density at radius 2 is 2.31 bits per heavy atom. The molecule has 0 atom stereocenters. The molecule has 0 fully saturated rings. The fourth-order valence-corrected chi connectivity index (χ4v) is 1.76. The maximum absolute atomic E-state index is 10.7. The van der Waals surface area contributed by atoms with Gasteiger partial charge in [-0.15, -0.1) is 11.8 Å². The van der Waals surface area contributed by atoms with Crippen molar-refractivity contribution in [3.63, 3.8) is 0 Å². The number of pyridine rings is 1. The maximum atomic E-state index is 10.7. The molecule has 1 aromatic heterocycles. The molecular formula is C10H12N2O3S. The van der Waals surface area contributed by atoms with E-state index in [0.717, 1.165) is 0 Å². The topological polar surface area (TPSA) is 79.3 Å². The van der Waals surface area contributed by atoms with Crippen molar-refractivity contribution in [3.05, 3.63) is 23.9 Å². The third-order valence-electron chi connectivity index (χ3n) is 1.71. The lowest BCUT2D eigenvalue weighted by Crippen LogP contribution is -2.22. The van der Waals surface area contributed by atoms with Crippen LogP contribution in [0.2, 0.25) is 0 Å². The van der Waals surface area contributed by atoms with E-state index in [-0.39, 0.29) is 11.5 Å². The molecule has 0 radical (unpaired) electrons. The number of aromatic carboxylic acids is 1. The predicted octanol–water partition coefficient (Wildman–Crippen LogP) is 1.01. The first-order chi connectivity index (χ1) is 7.59. The van der Waals surface area contributed by atoms with E-state index in [1.165, 1.54) is 37.0 Å². The summed E-state index contributed by atoms with van der Waals surface area (Å²) < 4.78 is 0. The predicted molar refractivity (Wildman–Crippen MR) is 60.6 cm³/mol. The minimum absolute atomic E-state index is 0.0761. The summed E-state index contributed by atoms with van der Waals surface area (Å²) in [5, 5.41) is 12.1. The molecule has 0 unspecified atom stereocenters. The van der Waals surface area contributed by atoms with Crippen molar-refractivity contribution in [1.29, 1.82) is 0 Å². The number of thioether (sulfide) groups is 1. The van der Waals surface area contributed by atoms with Gasteiger partial charge < -0.3 is 10.4 Å². The number of carbonyl (C=O) groups excluding carboxylic acids is 1. The number of carboxylic acids is 1. The lowest BCUT2D eigenvalue weighted by Gasteiger charge is -2.02. The summed E-state index contributed by atoms with van der Waals surface area (Å²) in [7, 11) is 0. The molecule has 2 N–H and O–H groups in total. The first kappa shape index (κ1) is 12.5. The Kier molecular flexibility index (Phi) is 4.78. The Balaban J connectivity index is 2.45. The van der Waals surface area contributed by atoms with E-state index in [9.17, 15) is 9.59 Å². The van der Waals surface area contributed by atoms with Gasteiger partial charge in [0.2, 0.25) is 5.91 Å². The molecule has 16 heavy (non-hydrogen) atoms. The van der Waals surface area contributed by atoms with E-state index < -0.39 is 5.97 Å². The van der Waals surface area contributed by atoms with Gasteiger partial charge in [-0.2, -0.15) is 0 Å². The highest BCUT2D eigenvalue weighted by Gasteiger charge is 2.04. The van der Waals surface area contributed by atoms with Crippen LogP contribution in [0.25, 0.3) is 0 Å². The Hall–Kier alpha value is -1.56. The molecule has 5 nitrogen and oxygen atoms in total. The number of nitrogens with one attached hydrogen (secondary N) is 1. The van der Waals surface area contributed by atoms with Crippen molar-refractivity contribution in [2.45, 2.75) is 11.9 Å². The van der Waals surface area contributed by atoms with E-state index in [0.29, 0.717) is 17.3 Å². The van der Waals surface area contributed by atoms with E-state index >= 15 is 0 Å². The van der Waals surface area contributed by atoms with Gasteiger partial charge in [-0.05, 0) is 12.1 Å². The summed E-state index contributed by atoms with van der Waals surface area (Å²) in [6.45, 7) is 1.99. The minimum atomic E-state index is -0.967. The van der Waals surface area contributed by atoms with Gasteiger partial charge >= 0.3 is 5.97 Å². The second kappa shape index (κ2) is 6.12. The van der Waals surface area contributed by atoms with E-state index in [2.05, 4.69) is 10.3 Å². The molecule has 86 valence electrons. The number of hydrogen-bond donors (Lipinski definition) is 2. The summed E-state index contributed by atoms with van der Waals surface area (Å²) in [4.78, 5) is 25.3. The highest BCUT2D eigenvalue weighted by atomic mass is 32.2. The normalized spacial score (nSPS) is 9.81. The molecule has 0 bridgehead atoms. The van der Waals surface area contributed by atoms with Crippen molar-refractivity contribution in [2.75, 3.05) is 12.3 Å². The maximum Gasteiger partial charge on any atom is 0.335 e. The molecule has 0 aliphatic carbocycles. The van der Waals surface area contributed by atoms with Crippen molar-refractivity contribution >= 4 is 23.6 Å². The second-order valence-electron chi connectivity index (χ2n) is 3.02. The number of hydrogen-bond acceptors (Lipinski definition) is 4. The third-order valence-corrected chi connectivity index (χ3v) is 2.64. The molecule has 0 aromatic carbocycles. The SMILES string of the molecule is CC(=O)NCCSc1cc(C(=O)O)ccn1. The monoisotopic (exact) mass is 240 g/mol. The fourth-order valence-electron chi connectivity index (χ4n) is 1.00. The van der Waals surface area contributed by atoms with Crippen molar-refractivity contribution < 1.29 is 14.7 Å². The van der Waals surface area contributed by atoms with Crippen LogP contribution in [-0.4, -0.2) is 34.3 Å². The highest BCUT2D eigenvalue weighted by molar-refractivity contribution is 7.99. The van der Waals surface area contributed by atoms with Crippen LogP contribution in [0.1, 0.15) is 17.3 Å². The molecule has 0 saturated carbocycles. The van der Waals surface area contributed by atoms with Crippen LogP contribution >= 0.6 is 11.8 Å². The summed E-state index contributed by atoms with van der Waals surface area (Å²) >= 11 is 1.40. The first-order valence-corrected chi connectivity index (χ1v) is 5.64. The average Bonchev–Trinajstić information content (AvgIpc) is 2.24. The number of nitrogens with zero attached hydrogens (tertiary/aromatic N) is 1. The van der Waals surface area contributed by atoms with Crippen LogP contribution in [0.5, 0.6) is 0 Å². The number of carbonyl (C=O) groups is 2. The molecule has 1 heterocycles. The lowest BCUT2D eigenvalue weighted by atomic mass is 10.3. The molecule has 1 amide bonds. The van der Waals surface area contributed by atoms with Crippen molar-refractivity contribution in [2.24, 2.45) is 0 Å². The summed E-state index contributed by atoms with van der Waals surface area (Å²) in [5.74, 6) is -0.380. The van der Waals surface area contributed by atoms with E-state index in [4.69, 9.17) is 5.11 Å². The molecule has 6 heteroatoms. The zero-order valence-corrected chi connectivity index (χ0v) is 9.58. The van der Waals surface area contributed by atoms with Crippen LogP contribution in [0, 0.1) is 0 Å². The Bertz CT molecular complexity index is 395. The van der Waals surface area contributed by atoms with Gasteiger partial charge in [0.1, 0.15) is 0 Å². The number of carboxylic acid groups (broad SMARTS) is 1. The molecule has 0 aliphatic rings. The third kappa shape index (κ3) is 4.31.